The third-order valence-electron chi connectivity index (χ3n) is 8.44. The number of aliphatic carboxylic acids is 1. The molecule has 2 amide bonds. The number of aliphatic hydroxyl groups is 1. The van der Waals surface area contributed by atoms with E-state index >= 15 is 0 Å². The van der Waals surface area contributed by atoms with Gasteiger partial charge in [0.1, 0.15) is 6.04 Å². The molecule has 0 aliphatic heterocycles. The van der Waals surface area contributed by atoms with Gasteiger partial charge in [-0.1, -0.05) is 36.6 Å². The van der Waals surface area contributed by atoms with E-state index in [0.29, 0.717) is 36.4 Å². The van der Waals surface area contributed by atoms with Crippen LogP contribution in [-0.4, -0.2) is 79.7 Å². The van der Waals surface area contributed by atoms with E-state index in [1.54, 1.807) is 12.1 Å². The average molecular weight is 734 g/mol. The van der Waals surface area contributed by atoms with Gasteiger partial charge in [-0.05, 0) is 74.1 Å². The number of benzene rings is 2. The summed E-state index contributed by atoms with van der Waals surface area (Å²) in [5, 5.41) is 31.0. The molecule has 2 saturated carbocycles. The normalized spacial score (nSPS) is 18.5. The summed E-state index contributed by atoms with van der Waals surface area (Å²) < 4.78 is 43.5. The zero-order valence-electron chi connectivity index (χ0n) is 27.0. The maximum atomic E-state index is 12.9. The van der Waals surface area contributed by atoms with Crippen LogP contribution < -0.4 is 26.0 Å². The van der Waals surface area contributed by atoms with E-state index in [1.807, 2.05) is 12.1 Å². The van der Waals surface area contributed by atoms with Crippen LogP contribution in [0.4, 0.5) is 30.8 Å². The Morgan fingerprint density at radius 1 is 0.961 bits per heavy atom. The number of carboxylic acid groups (broad SMARTS) is 1. The van der Waals surface area contributed by atoms with Crippen molar-refractivity contribution >= 4 is 52.8 Å². The number of hydrogen-bond acceptors (Lipinski definition) is 11. The molecule has 51 heavy (non-hydrogen) atoms. The van der Waals surface area contributed by atoms with E-state index in [-0.39, 0.29) is 23.9 Å². The van der Waals surface area contributed by atoms with Crippen LogP contribution >= 0.6 is 11.6 Å². The second kappa shape index (κ2) is 15.9. The molecule has 0 spiro atoms. The van der Waals surface area contributed by atoms with Crippen LogP contribution in [0.3, 0.4) is 0 Å². The van der Waals surface area contributed by atoms with Crippen LogP contribution in [0.5, 0.6) is 6.01 Å². The number of amides is 2. The minimum Gasteiger partial charge on any atom is -0.480 e. The molecule has 2 fully saturated rings. The summed E-state index contributed by atoms with van der Waals surface area (Å²) in [6, 6.07) is 10.0. The molecule has 2 unspecified atom stereocenters. The van der Waals surface area contributed by atoms with Crippen molar-refractivity contribution in [2.24, 2.45) is 0 Å². The van der Waals surface area contributed by atoms with Crippen molar-refractivity contribution in [3.05, 3.63) is 64.7 Å². The first-order chi connectivity index (χ1) is 24.2. The summed E-state index contributed by atoms with van der Waals surface area (Å²) in [5.41, 5.74) is 0.684. The van der Waals surface area contributed by atoms with Crippen LogP contribution in [0.15, 0.2) is 48.5 Å². The lowest BCUT2D eigenvalue weighted by molar-refractivity contribution is -0.154. The molecule has 2 aliphatic carbocycles. The lowest BCUT2D eigenvalue weighted by Gasteiger charge is -2.28. The van der Waals surface area contributed by atoms with Crippen LogP contribution in [-0.2, 0) is 19.9 Å². The minimum absolute atomic E-state index is 0.0459. The highest BCUT2D eigenvalue weighted by molar-refractivity contribution is 6.36. The predicted molar refractivity (Wildman–Crippen MR) is 177 cm³/mol. The molecule has 0 bridgehead atoms. The van der Waals surface area contributed by atoms with Crippen LogP contribution in [0, 0.1) is 0 Å². The van der Waals surface area contributed by atoms with Crippen LogP contribution in [0.25, 0.3) is 0 Å². The second-order valence-corrected chi connectivity index (χ2v) is 12.8. The number of aliphatic hydroxyl groups excluding tert-OH is 1. The van der Waals surface area contributed by atoms with Gasteiger partial charge in [0.15, 0.2) is 6.61 Å². The second-order valence-electron chi connectivity index (χ2n) is 12.3. The number of carbonyl (C=O) groups excluding carboxylic acids is 3. The summed E-state index contributed by atoms with van der Waals surface area (Å²) in [6.07, 6.45) is -2.16. The maximum absolute atomic E-state index is 12.9. The number of carbonyl (C=O) groups is 4. The van der Waals surface area contributed by atoms with E-state index in [0.717, 1.165) is 18.4 Å². The maximum Gasteiger partial charge on any atom is 0.422 e. The lowest BCUT2D eigenvalue weighted by Crippen LogP contribution is -2.48. The fourth-order valence-electron chi connectivity index (χ4n) is 5.52. The number of alkyl halides is 3. The number of hydrogen-bond donors (Lipinski definition) is 6. The lowest BCUT2D eigenvalue weighted by atomic mass is 9.92. The molecule has 5 rings (SSSR count). The molecule has 14 nitrogen and oxygen atoms in total. The highest BCUT2D eigenvalue weighted by Crippen LogP contribution is 2.48. The fourth-order valence-corrected chi connectivity index (χ4v) is 5.65. The Labute approximate surface area is 294 Å². The quantitative estimate of drug-likeness (QED) is 0.121. The number of rotatable bonds is 15. The molecule has 18 heteroatoms. The molecule has 3 aromatic rings. The van der Waals surface area contributed by atoms with Gasteiger partial charge in [0.05, 0.1) is 17.7 Å². The Bertz CT molecular complexity index is 1740. The van der Waals surface area contributed by atoms with Crippen molar-refractivity contribution < 1.29 is 47.3 Å². The number of halogens is 4. The highest BCUT2D eigenvalue weighted by atomic mass is 35.5. The zero-order valence-corrected chi connectivity index (χ0v) is 27.8. The van der Waals surface area contributed by atoms with Crippen molar-refractivity contribution in [1.82, 2.24) is 25.6 Å². The van der Waals surface area contributed by atoms with Crippen molar-refractivity contribution in [1.29, 1.82) is 0 Å². The first kappa shape index (κ1) is 37.2. The fraction of sp³-hybridized carbons (Fsp3) is 0.424. The van der Waals surface area contributed by atoms with Crippen molar-refractivity contribution in [2.75, 3.05) is 17.2 Å². The zero-order chi connectivity index (χ0) is 36.8. The number of ether oxygens (including phenoxy) is 1. The summed E-state index contributed by atoms with van der Waals surface area (Å²) in [4.78, 5) is 61.6. The summed E-state index contributed by atoms with van der Waals surface area (Å²) in [7, 11) is 0. The summed E-state index contributed by atoms with van der Waals surface area (Å²) in [6.45, 7) is -1.63. The largest absolute Gasteiger partial charge is 0.480 e. The van der Waals surface area contributed by atoms with E-state index in [4.69, 9.17) is 16.3 Å². The number of Topliss-reactive ketones (excluding diaryl/α,β-unsaturated/α-hetero) is 1. The number of ketones is 1. The Morgan fingerprint density at radius 2 is 1.63 bits per heavy atom. The van der Waals surface area contributed by atoms with Gasteiger partial charge < -0.3 is 36.2 Å². The number of anilines is 3. The van der Waals surface area contributed by atoms with Gasteiger partial charge in [0.25, 0.3) is 11.8 Å². The third kappa shape index (κ3) is 10.5. The van der Waals surface area contributed by atoms with Gasteiger partial charge in [-0.25, -0.2) is 4.79 Å². The van der Waals surface area contributed by atoms with Gasteiger partial charge in [0, 0.05) is 22.7 Å². The number of nitrogens with one attached hydrogen (secondary N) is 4. The standard InChI is InChI=1S/C33H35ClF3N7O7/c34-20-9-7-19(8-10-20)32(15-16-32)44-30-41-29(42-31(43-30)51-17-33(35,36)37)38-21-11-5-18(6-12-21)26(47)40-23(28(49)50)13-14-25(46)27(48)39-22-3-1-2-4-24(22)45/h5-12,22-24,45H,1-4,13-17H2,(H,39,48)(H,40,47)(H,49,50)(H2,38,41,42,43,44)/t22?,23-,24?/m0/s1. The van der Waals surface area contributed by atoms with E-state index < -0.39 is 72.5 Å². The third-order valence-corrected chi connectivity index (χ3v) is 8.70. The molecule has 2 aliphatic rings. The molecular weight excluding hydrogens is 699 g/mol. The van der Waals surface area contributed by atoms with Crippen molar-refractivity contribution in [2.45, 2.75) is 81.3 Å². The van der Waals surface area contributed by atoms with E-state index in [2.05, 4.69) is 36.2 Å². The minimum atomic E-state index is -4.64. The van der Waals surface area contributed by atoms with Gasteiger partial charge in [-0.2, -0.15) is 28.1 Å². The Morgan fingerprint density at radius 3 is 2.25 bits per heavy atom. The average Bonchev–Trinajstić information content (AvgIpc) is 3.86. The van der Waals surface area contributed by atoms with Gasteiger partial charge >= 0.3 is 18.2 Å². The molecule has 272 valence electrons. The SMILES string of the molecule is O=C(CC[C@H](NC(=O)c1ccc(Nc2nc(NC3(c4ccc(Cl)cc4)CC3)nc(OCC(F)(F)F)n2)cc1)C(=O)O)C(=O)NC1CCCCC1O. The first-order valence-electron chi connectivity index (χ1n) is 16.1. The van der Waals surface area contributed by atoms with E-state index in [1.165, 1.54) is 24.3 Å². The van der Waals surface area contributed by atoms with Crippen molar-refractivity contribution in [3.63, 3.8) is 0 Å². The topological polar surface area (TPSA) is 205 Å². The molecule has 3 atom stereocenters. The molecule has 6 N–H and O–H groups in total. The van der Waals surface area contributed by atoms with Crippen LogP contribution in [0.1, 0.15) is 67.3 Å². The summed E-state index contributed by atoms with van der Waals surface area (Å²) in [5.74, 6) is -4.19. The highest BCUT2D eigenvalue weighted by Gasteiger charge is 2.45. The Balaban J connectivity index is 1.21. The molecule has 1 heterocycles. The Kier molecular flexibility index (Phi) is 11.6. The molecule has 1 aromatic heterocycles. The predicted octanol–water partition coefficient (Wildman–Crippen LogP) is 4.26. The smallest absolute Gasteiger partial charge is 0.422 e. The van der Waals surface area contributed by atoms with Crippen molar-refractivity contribution in [3.8, 4) is 6.01 Å². The van der Waals surface area contributed by atoms with Gasteiger partial charge in [0.2, 0.25) is 17.7 Å². The summed E-state index contributed by atoms with van der Waals surface area (Å²) >= 11 is 6.01. The van der Waals surface area contributed by atoms with Crippen LogP contribution in [0.2, 0.25) is 5.02 Å². The molecular formula is C33H35ClF3N7O7. The first-order valence-corrected chi connectivity index (χ1v) is 16.5. The number of nitrogens with zero attached hydrogens (tertiary/aromatic N) is 3. The van der Waals surface area contributed by atoms with Gasteiger partial charge in [-0.15, -0.1) is 0 Å². The monoisotopic (exact) mass is 733 g/mol. The Hall–Kier alpha value is -5.03. The number of carboxylic acids is 1. The van der Waals surface area contributed by atoms with E-state index in [9.17, 15) is 42.6 Å². The molecule has 2 aromatic carbocycles. The molecule has 0 saturated heterocycles. The number of aromatic nitrogens is 3. The van der Waals surface area contributed by atoms with Gasteiger partial charge in [-0.3, -0.25) is 14.4 Å². The molecule has 0 radical (unpaired) electrons.